The van der Waals surface area contributed by atoms with E-state index in [-0.39, 0.29) is 24.0 Å². The number of halogens is 1. The Hall–Kier alpha value is -0.970. The van der Waals surface area contributed by atoms with Crippen molar-refractivity contribution >= 4 is 0 Å². The largest absolute Gasteiger partial charge is 0.374 e. The Morgan fingerprint density at radius 3 is 2.85 bits per heavy atom. The van der Waals surface area contributed by atoms with Crippen LogP contribution in [0, 0.1) is 5.82 Å². The fourth-order valence-corrected chi connectivity index (χ4v) is 2.72. The molecule has 4 heteroatoms. The molecule has 1 fully saturated rings. The number of nitrogens with one attached hydrogen (secondary N) is 1. The van der Waals surface area contributed by atoms with Crippen LogP contribution in [0.15, 0.2) is 24.3 Å². The lowest BCUT2D eigenvalue weighted by molar-refractivity contribution is -0.0373. The van der Waals surface area contributed by atoms with Gasteiger partial charge in [-0.05, 0) is 26.5 Å². The third kappa shape index (κ3) is 3.78. The van der Waals surface area contributed by atoms with Gasteiger partial charge in [-0.1, -0.05) is 25.1 Å². The molecule has 3 atom stereocenters. The van der Waals surface area contributed by atoms with Gasteiger partial charge in [-0.3, -0.25) is 0 Å². The second-order valence-electron chi connectivity index (χ2n) is 5.61. The molecule has 1 saturated heterocycles. The molecule has 0 bridgehead atoms. The van der Waals surface area contributed by atoms with Gasteiger partial charge in [0, 0.05) is 30.7 Å². The van der Waals surface area contributed by atoms with Gasteiger partial charge in [0.1, 0.15) is 5.82 Å². The molecule has 0 spiro atoms. The SMILES string of the molecule is CC[C@H](N[C@@H](C)[C@H]1CN(C)CCO1)c1ccccc1F. The quantitative estimate of drug-likeness (QED) is 0.897. The Kier molecular flexibility index (Phi) is 5.52. The molecule has 0 amide bonds. The number of rotatable bonds is 5. The summed E-state index contributed by atoms with van der Waals surface area (Å²) < 4.78 is 19.7. The first-order valence-corrected chi connectivity index (χ1v) is 7.42. The highest BCUT2D eigenvalue weighted by Crippen LogP contribution is 2.21. The van der Waals surface area contributed by atoms with Crippen LogP contribution in [-0.2, 0) is 4.74 Å². The highest BCUT2D eigenvalue weighted by Gasteiger charge is 2.26. The zero-order valence-electron chi connectivity index (χ0n) is 12.6. The highest BCUT2D eigenvalue weighted by atomic mass is 19.1. The maximum absolute atomic E-state index is 13.9. The van der Waals surface area contributed by atoms with Crippen molar-refractivity contribution in [2.45, 2.75) is 38.5 Å². The van der Waals surface area contributed by atoms with E-state index < -0.39 is 0 Å². The summed E-state index contributed by atoms with van der Waals surface area (Å²) >= 11 is 0. The summed E-state index contributed by atoms with van der Waals surface area (Å²) in [5.41, 5.74) is 0.742. The fourth-order valence-electron chi connectivity index (χ4n) is 2.72. The summed E-state index contributed by atoms with van der Waals surface area (Å²) in [4.78, 5) is 2.27. The predicted octanol–water partition coefficient (Wildman–Crippen LogP) is 2.59. The summed E-state index contributed by atoms with van der Waals surface area (Å²) in [5, 5.41) is 3.52. The van der Waals surface area contributed by atoms with Crippen LogP contribution in [0.5, 0.6) is 0 Å². The molecule has 0 aliphatic carbocycles. The molecule has 2 rings (SSSR count). The molecular formula is C16H25FN2O. The van der Waals surface area contributed by atoms with Crippen molar-refractivity contribution in [1.29, 1.82) is 0 Å². The molecule has 1 aliphatic heterocycles. The molecule has 1 aromatic carbocycles. The molecule has 20 heavy (non-hydrogen) atoms. The van der Waals surface area contributed by atoms with Crippen molar-refractivity contribution < 1.29 is 9.13 Å². The third-order valence-corrected chi connectivity index (χ3v) is 4.01. The molecule has 0 saturated carbocycles. The first-order chi connectivity index (χ1) is 9.61. The molecule has 3 nitrogen and oxygen atoms in total. The van der Waals surface area contributed by atoms with E-state index in [1.807, 2.05) is 12.1 Å². The number of ether oxygens (including phenoxy) is 1. The van der Waals surface area contributed by atoms with E-state index in [1.54, 1.807) is 6.07 Å². The van der Waals surface area contributed by atoms with Gasteiger partial charge in [0.05, 0.1) is 12.7 Å². The number of morpholine rings is 1. The van der Waals surface area contributed by atoms with Crippen LogP contribution >= 0.6 is 0 Å². The minimum atomic E-state index is -0.138. The van der Waals surface area contributed by atoms with E-state index in [0.717, 1.165) is 31.7 Å². The Bertz CT molecular complexity index is 427. The van der Waals surface area contributed by atoms with E-state index >= 15 is 0 Å². The van der Waals surface area contributed by atoms with Crippen LogP contribution in [-0.4, -0.2) is 43.8 Å². The second kappa shape index (κ2) is 7.16. The van der Waals surface area contributed by atoms with Crippen molar-refractivity contribution in [3.63, 3.8) is 0 Å². The third-order valence-electron chi connectivity index (χ3n) is 4.01. The van der Waals surface area contributed by atoms with Crippen molar-refractivity contribution in [2.75, 3.05) is 26.7 Å². The van der Waals surface area contributed by atoms with E-state index in [9.17, 15) is 4.39 Å². The summed E-state index contributed by atoms with van der Waals surface area (Å²) in [7, 11) is 2.11. The standard InChI is InChI=1S/C16H25FN2O/c1-4-15(13-7-5-6-8-14(13)17)18-12(2)16-11-19(3)9-10-20-16/h5-8,12,15-16,18H,4,9-11H2,1-3H3/t12-,15-,16+/m0/s1. The number of benzene rings is 1. The van der Waals surface area contributed by atoms with Crippen LogP contribution in [0.25, 0.3) is 0 Å². The zero-order chi connectivity index (χ0) is 14.5. The van der Waals surface area contributed by atoms with E-state index in [1.165, 1.54) is 6.07 Å². The average Bonchev–Trinajstić information content (AvgIpc) is 2.45. The van der Waals surface area contributed by atoms with Crippen molar-refractivity contribution in [3.05, 3.63) is 35.6 Å². The Morgan fingerprint density at radius 2 is 2.20 bits per heavy atom. The number of hydrogen-bond donors (Lipinski definition) is 1. The Morgan fingerprint density at radius 1 is 1.45 bits per heavy atom. The predicted molar refractivity (Wildman–Crippen MR) is 79.3 cm³/mol. The highest BCUT2D eigenvalue weighted by molar-refractivity contribution is 5.21. The summed E-state index contributed by atoms with van der Waals surface area (Å²) in [6.45, 7) is 6.86. The molecule has 1 aliphatic rings. The van der Waals surface area contributed by atoms with Crippen LogP contribution in [0.1, 0.15) is 31.9 Å². The number of likely N-dealkylation sites (N-methyl/N-ethyl adjacent to an activating group) is 1. The van der Waals surface area contributed by atoms with E-state index in [2.05, 4.69) is 31.1 Å². The summed E-state index contributed by atoms with van der Waals surface area (Å²) in [6, 6.07) is 7.23. The molecule has 0 aromatic heterocycles. The van der Waals surface area contributed by atoms with Crippen molar-refractivity contribution in [2.24, 2.45) is 0 Å². The molecule has 0 unspecified atom stereocenters. The molecule has 1 aromatic rings. The van der Waals surface area contributed by atoms with Gasteiger partial charge >= 0.3 is 0 Å². The Balaban J connectivity index is 2.01. The molecule has 0 radical (unpaired) electrons. The molecule has 1 N–H and O–H groups in total. The molecule has 112 valence electrons. The number of hydrogen-bond acceptors (Lipinski definition) is 3. The van der Waals surface area contributed by atoms with Gasteiger partial charge in [0.2, 0.25) is 0 Å². The molecular weight excluding hydrogens is 255 g/mol. The van der Waals surface area contributed by atoms with Crippen molar-refractivity contribution in [3.8, 4) is 0 Å². The van der Waals surface area contributed by atoms with Gasteiger partial charge < -0.3 is 15.0 Å². The van der Waals surface area contributed by atoms with Crippen LogP contribution in [0.3, 0.4) is 0 Å². The van der Waals surface area contributed by atoms with Gasteiger partial charge in [-0.15, -0.1) is 0 Å². The monoisotopic (exact) mass is 280 g/mol. The lowest BCUT2D eigenvalue weighted by Gasteiger charge is -2.35. The lowest BCUT2D eigenvalue weighted by Crippen LogP contribution is -2.50. The number of nitrogens with zero attached hydrogens (tertiary/aromatic N) is 1. The van der Waals surface area contributed by atoms with Gasteiger partial charge in [-0.25, -0.2) is 4.39 Å². The van der Waals surface area contributed by atoms with Crippen molar-refractivity contribution in [1.82, 2.24) is 10.2 Å². The topological polar surface area (TPSA) is 24.5 Å². The average molecular weight is 280 g/mol. The second-order valence-corrected chi connectivity index (χ2v) is 5.61. The minimum absolute atomic E-state index is 0.0297. The van der Waals surface area contributed by atoms with E-state index in [4.69, 9.17) is 4.74 Å². The minimum Gasteiger partial charge on any atom is -0.374 e. The van der Waals surface area contributed by atoms with Crippen LogP contribution in [0.4, 0.5) is 4.39 Å². The molecule has 1 heterocycles. The van der Waals surface area contributed by atoms with Gasteiger partial charge in [-0.2, -0.15) is 0 Å². The van der Waals surface area contributed by atoms with Gasteiger partial charge in [0.15, 0.2) is 0 Å². The lowest BCUT2D eigenvalue weighted by atomic mass is 10.0. The zero-order valence-corrected chi connectivity index (χ0v) is 12.6. The maximum Gasteiger partial charge on any atom is 0.127 e. The normalized spacial score (nSPS) is 23.5. The van der Waals surface area contributed by atoms with E-state index in [0.29, 0.717) is 0 Å². The smallest absolute Gasteiger partial charge is 0.127 e. The summed E-state index contributed by atoms with van der Waals surface area (Å²) in [6.07, 6.45) is 1.02. The fraction of sp³-hybridized carbons (Fsp3) is 0.625. The first kappa shape index (κ1) is 15.4. The first-order valence-electron chi connectivity index (χ1n) is 7.42. The van der Waals surface area contributed by atoms with Crippen LogP contribution < -0.4 is 5.32 Å². The van der Waals surface area contributed by atoms with Gasteiger partial charge in [0.25, 0.3) is 0 Å². The van der Waals surface area contributed by atoms with Crippen LogP contribution in [0.2, 0.25) is 0 Å². The maximum atomic E-state index is 13.9. The Labute approximate surface area is 121 Å². The summed E-state index contributed by atoms with van der Waals surface area (Å²) in [5.74, 6) is -0.138.